The van der Waals surface area contributed by atoms with E-state index in [4.69, 9.17) is 0 Å². The molecule has 0 amide bonds. The van der Waals surface area contributed by atoms with Gasteiger partial charge in [0.1, 0.15) is 0 Å². The molecule has 0 heterocycles. The molecule has 3 heteroatoms. The summed E-state index contributed by atoms with van der Waals surface area (Å²) in [6, 6.07) is -0.267. The second kappa shape index (κ2) is 3.19. The minimum absolute atomic E-state index is 0.0715. The zero-order valence-corrected chi connectivity index (χ0v) is 8.02. The summed E-state index contributed by atoms with van der Waals surface area (Å²) in [4.78, 5) is 0. The largest absolute Gasteiger partial charge is 0.306 e. The topological polar surface area (TPSA) is 12.0 Å². The Labute approximate surface area is 77.9 Å². The molecule has 0 aromatic rings. The summed E-state index contributed by atoms with van der Waals surface area (Å²) >= 11 is 0. The van der Waals surface area contributed by atoms with Crippen molar-refractivity contribution >= 4 is 0 Å². The standard InChI is InChI=1S/C10H17F2N/c1-7(8-4-5-8)13-9-3-2-6-10(9,11)12/h7-9,13H,2-6H2,1H3. The monoisotopic (exact) mass is 189 g/mol. The molecule has 2 rings (SSSR count). The molecule has 2 atom stereocenters. The van der Waals surface area contributed by atoms with Crippen LogP contribution >= 0.6 is 0 Å². The van der Waals surface area contributed by atoms with Gasteiger partial charge in [-0.05, 0) is 38.5 Å². The third kappa shape index (κ3) is 2.01. The molecule has 0 radical (unpaired) electrons. The maximum absolute atomic E-state index is 13.2. The van der Waals surface area contributed by atoms with E-state index in [-0.39, 0.29) is 12.5 Å². The van der Waals surface area contributed by atoms with Crippen molar-refractivity contribution in [2.24, 2.45) is 5.92 Å². The lowest BCUT2D eigenvalue weighted by atomic mass is 10.1. The molecular formula is C10H17F2N. The van der Waals surface area contributed by atoms with Gasteiger partial charge in [0, 0.05) is 12.5 Å². The number of halogens is 2. The van der Waals surface area contributed by atoms with Crippen LogP contribution < -0.4 is 5.32 Å². The van der Waals surface area contributed by atoms with Gasteiger partial charge >= 0.3 is 0 Å². The van der Waals surface area contributed by atoms with E-state index in [9.17, 15) is 8.78 Å². The van der Waals surface area contributed by atoms with Gasteiger partial charge in [0.05, 0.1) is 6.04 Å². The van der Waals surface area contributed by atoms with E-state index in [1.807, 2.05) is 6.92 Å². The Kier molecular flexibility index (Phi) is 2.30. The first-order chi connectivity index (χ1) is 6.09. The van der Waals surface area contributed by atoms with Crippen LogP contribution in [0.25, 0.3) is 0 Å². The van der Waals surface area contributed by atoms with Crippen molar-refractivity contribution in [3.63, 3.8) is 0 Å². The van der Waals surface area contributed by atoms with Gasteiger partial charge in [0.2, 0.25) is 0 Å². The van der Waals surface area contributed by atoms with Crippen molar-refractivity contribution in [2.75, 3.05) is 0 Å². The molecule has 0 saturated heterocycles. The number of hydrogen-bond acceptors (Lipinski definition) is 1. The molecule has 0 aromatic heterocycles. The third-order valence-electron chi connectivity index (χ3n) is 3.31. The van der Waals surface area contributed by atoms with Crippen LogP contribution in [0.5, 0.6) is 0 Å². The smallest absolute Gasteiger partial charge is 0.263 e. The third-order valence-corrected chi connectivity index (χ3v) is 3.31. The van der Waals surface area contributed by atoms with Gasteiger partial charge in [-0.3, -0.25) is 0 Å². The molecule has 76 valence electrons. The van der Waals surface area contributed by atoms with Crippen LogP contribution in [0.3, 0.4) is 0 Å². The summed E-state index contributed by atoms with van der Waals surface area (Å²) in [6.45, 7) is 2.03. The van der Waals surface area contributed by atoms with Crippen LogP contribution in [0, 0.1) is 5.92 Å². The van der Waals surface area contributed by atoms with Crippen LogP contribution in [0.4, 0.5) is 8.78 Å². The Hall–Kier alpha value is -0.180. The van der Waals surface area contributed by atoms with Crippen LogP contribution in [-0.4, -0.2) is 18.0 Å². The van der Waals surface area contributed by atoms with Gasteiger partial charge in [-0.25, -0.2) is 8.78 Å². The predicted octanol–water partition coefficient (Wildman–Crippen LogP) is 2.56. The van der Waals surface area contributed by atoms with Gasteiger partial charge < -0.3 is 5.32 Å². The molecule has 1 N–H and O–H groups in total. The quantitative estimate of drug-likeness (QED) is 0.719. The van der Waals surface area contributed by atoms with Gasteiger partial charge in [0.25, 0.3) is 5.92 Å². The summed E-state index contributed by atoms with van der Waals surface area (Å²) in [5.41, 5.74) is 0. The minimum atomic E-state index is -2.46. The number of rotatable bonds is 3. The van der Waals surface area contributed by atoms with E-state index in [0.717, 1.165) is 0 Å². The maximum Gasteiger partial charge on any atom is 0.263 e. The SMILES string of the molecule is CC(NC1CCCC1(F)F)C1CC1. The second-order valence-electron chi connectivity index (χ2n) is 4.50. The molecule has 2 aliphatic rings. The molecule has 2 saturated carbocycles. The lowest BCUT2D eigenvalue weighted by Crippen LogP contribution is -2.45. The van der Waals surface area contributed by atoms with Gasteiger partial charge in [-0.2, -0.15) is 0 Å². The highest BCUT2D eigenvalue weighted by atomic mass is 19.3. The summed E-state index contributed by atoms with van der Waals surface area (Å²) in [7, 11) is 0. The first kappa shape index (κ1) is 9.38. The summed E-state index contributed by atoms with van der Waals surface area (Å²) in [6.07, 6.45) is 3.81. The van der Waals surface area contributed by atoms with Crippen LogP contribution in [0.15, 0.2) is 0 Å². The summed E-state index contributed by atoms with van der Waals surface area (Å²) < 4.78 is 26.4. The fourth-order valence-electron chi connectivity index (χ4n) is 2.18. The van der Waals surface area contributed by atoms with Crippen molar-refractivity contribution in [1.29, 1.82) is 0 Å². The highest BCUT2D eigenvalue weighted by molar-refractivity contribution is 4.94. The first-order valence-corrected chi connectivity index (χ1v) is 5.23. The average Bonchev–Trinajstić information content (AvgIpc) is 2.80. The van der Waals surface area contributed by atoms with Gasteiger partial charge in [-0.15, -0.1) is 0 Å². The average molecular weight is 189 g/mol. The molecule has 2 fully saturated rings. The molecule has 1 nitrogen and oxygen atoms in total. The molecule has 0 bridgehead atoms. The summed E-state index contributed by atoms with van der Waals surface area (Å²) in [5.74, 6) is -1.79. The summed E-state index contributed by atoms with van der Waals surface area (Å²) in [5, 5.41) is 3.08. The zero-order valence-electron chi connectivity index (χ0n) is 8.02. The van der Waals surface area contributed by atoms with Gasteiger partial charge in [0.15, 0.2) is 0 Å². The Morgan fingerprint density at radius 2 is 2.00 bits per heavy atom. The van der Waals surface area contributed by atoms with E-state index >= 15 is 0 Å². The lowest BCUT2D eigenvalue weighted by Gasteiger charge is -2.24. The predicted molar refractivity (Wildman–Crippen MR) is 47.9 cm³/mol. The highest BCUT2D eigenvalue weighted by Crippen LogP contribution is 2.38. The van der Waals surface area contributed by atoms with Gasteiger partial charge in [-0.1, -0.05) is 0 Å². The van der Waals surface area contributed by atoms with Crippen molar-refractivity contribution < 1.29 is 8.78 Å². The van der Waals surface area contributed by atoms with E-state index in [0.29, 0.717) is 18.8 Å². The zero-order chi connectivity index (χ0) is 9.47. The van der Waals surface area contributed by atoms with Crippen LogP contribution in [-0.2, 0) is 0 Å². The molecule has 2 unspecified atom stereocenters. The van der Waals surface area contributed by atoms with E-state index in [1.54, 1.807) is 0 Å². The maximum atomic E-state index is 13.2. The Balaban J connectivity index is 1.86. The minimum Gasteiger partial charge on any atom is -0.306 e. The van der Waals surface area contributed by atoms with E-state index < -0.39 is 12.0 Å². The van der Waals surface area contributed by atoms with Crippen LogP contribution in [0.1, 0.15) is 39.0 Å². The second-order valence-corrected chi connectivity index (χ2v) is 4.50. The fraction of sp³-hybridized carbons (Fsp3) is 1.00. The molecule has 0 aliphatic heterocycles. The van der Waals surface area contributed by atoms with Crippen molar-refractivity contribution in [2.45, 2.75) is 57.0 Å². The van der Waals surface area contributed by atoms with Crippen molar-refractivity contribution in [3.05, 3.63) is 0 Å². The van der Waals surface area contributed by atoms with Crippen molar-refractivity contribution in [1.82, 2.24) is 5.32 Å². The Morgan fingerprint density at radius 1 is 1.31 bits per heavy atom. The Morgan fingerprint density at radius 3 is 2.46 bits per heavy atom. The molecule has 13 heavy (non-hydrogen) atoms. The molecular weight excluding hydrogens is 172 g/mol. The van der Waals surface area contributed by atoms with E-state index in [1.165, 1.54) is 12.8 Å². The van der Waals surface area contributed by atoms with Crippen LogP contribution in [0.2, 0.25) is 0 Å². The number of nitrogens with one attached hydrogen (secondary N) is 1. The number of hydrogen-bond donors (Lipinski definition) is 1. The molecule has 0 spiro atoms. The highest BCUT2D eigenvalue weighted by Gasteiger charge is 2.45. The number of alkyl halides is 2. The molecule has 0 aromatic carbocycles. The van der Waals surface area contributed by atoms with Crippen molar-refractivity contribution in [3.8, 4) is 0 Å². The normalized spacial score (nSPS) is 34.8. The Bertz CT molecular complexity index is 189. The fourth-order valence-corrected chi connectivity index (χ4v) is 2.18. The molecule has 2 aliphatic carbocycles. The first-order valence-electron chi connectivity index (χ1n) is 5.23. The lowest BCUT2D eigenvalue weighted by molar-refractivity contribution is -0.0212. The van der Waals surface area contributed by atoms with E-state index in [2.05, 4.69) is 5.32 Å².